The Hall–Kier alpha value is -1.68. The molecule has 2 aromatic rings. The van der Waals surface area contributed by atoms with Crippen molar-refractivity contribution in [3.63, 3.8) is 0 Å². The van der Waals surface area contributed by atoms with Crippen LogP contribution in [0.15, 0.2) is 18.2 Å². The van der Waals surface area contributed by atoms with Crippen molar-refractivity contribution < 1.29 is 9.53 Å². The number of ether oxygens (including phenoxy) is 1. The van der Waals surface area contributed by atoms with E-state index in [-0.39, 0.29) is 12.1 Å². The fourth-order valence-electron chi connectivity index (χ4n) is 2.90. The summed E-state index contributed by atoms with van der Waals surface area (Å²) in [6.07, 6.45) is 0.570. The number of hydrogen-bond acceptors (Lipinski definition) is 2. The zero-order chi connectivity index (χ0) is 14.3. The lowest BCUT2D eigenvalue weighted by Crippen LogP contribution is -2.39. The Morgan fingerprint density at radius 3 is 3.10 bits per heavy atom. The third-order valence-electron chi connectivity index (χ3n) is 3.89. The number of H-pyrrole nitrogens is 1. The molecule has 3 rings (SSSR count). The van der Waals surface area contributed by atoms with Gasteiger partial charge in [0.25, 0.3) is 0 Å². The molecule has 0 spiro atoms. The predicted octanol–water partition coefficient (Wildman–Crippen LogP) is 3.90. The molecule has 1 aromatic heterocycles. The molecule has 0 aliphatic carbocycles. The van der Waals surface area contributed by atoms with Gasteiger partial charge in [0.15, 0.2) is 0 Å². The number of rotatable bonds is 1. The Bertz CT molecular complexity index is 665. The maximum Gasteiger partial charge on any atom is 0.410 e. The van der Waals surface area contributed by atoms with Crippen molar-refractivity contribution in [3.05, 3.63) is 34.5 Å². The Balaban J connectivity index is 2.01. The number of nitrogens with zero attached hydrogens (tertiary/aromatic N) is 1. The average Bonchev–Trinajstić information content (AvgIpc) is 2.78. The van der Waals surface area contributed by atoms with Crippen LogP contribution in [0.2, 0.25) is 5.02 Å². The molecule has 106 valence electrons. The number of carbonyl (C=O) groups excluding carboxylic acids is 1. The molecular weight excluding hydrogens is 276 g/mol. The van der Waals surface area contributed by atoms with Crippen molar-refractivity contribution in [1.29, 1.82) is 0 Å². The number of aromatic nitrogens is 1. The van der Waals surface area contributed by atoms with Gasteiger partial charge in [-0.1, -0.05) is 11.6 Å². The van der Waals surface area contributed by atoms with Gasteiger partial charge in [-0.15, -0.1) is 0 Å². The molecule has 0 bridgehead atoms. The second kappa shape index (κ2) is 5.02. The summed E-state index contributed by atoms with van der Waals surface area (Å²) in [6.45, 7) is 4.92. The van der Waals surface area contributed by atoms with Crippen LogP contribution < -0.4 is 0 Å². The molecule has 1 unspecified atom stereocenters. The molecule has 5 heteroatoms. The summed E-state index contributed by atoms with van der Waals surface area (Å²) in [7, 11) is 0. The average molecular weight is 293 g/mol. The highest BCUT2D eigenvalue weighted by atomic mass is 35.5. The van der Waals surface area contributed by atoms with Crippen LogP contribution in [-0.4, -0.2) is 29.1 Å². The molecule has 1 aliphatic rings. The summed E-state index contributed by atoms with van der Waals surface area (Å²) in [4.78, 5) is 17.1. The van der Waals surface area contributed by atoms with Crippen molar-refractivity contribution >= 4 is 28.6 Å². The van der Waals surface area contributed by atoms with Gasteiger partial charge in [0.05, 0.1) is 12.6 Å². The molecule has 4 nitrogen and oxygen atoms in total. The molecule has 20 heavy (non-hydrogen) atoms. The number of carbonyl (C=O) groups is 1. The molecule has 1 aliphatic heterocycles. The summed E-state index contributed by atoms with van der Waals surface area (Å²) in [6, 6.07) is 5.83. The number of benzene rings is 1. The van der Waals surface area contributed by atoms with Gasteiger partial charge >= 0.3 is 6.09 Å². The number of fused-ring (bicyclic) bond motifs is 3. The summed E-state index contributed by atoms with van der Waals surface area (Å²) in [5, 5.41) is 1.89. The number of amides is 1. The van der Waals surface area contributed by atoms with E-state index >= 15 is 0 Å². The Labute approximate surface area is 122 Å². The van der Waals surface area contributed by atoms with E-state index in [0.717, 1.165) is 28.0 Å². The minimum atomic E-state index is -0.248. The number of hydrogen-bond donors (Lipinski definition) is 1. The molecule has 0 saturated heterocycles. The van der Waals surface area contributed by atoms with Crippen molar-refractivity contribution in [2.24, 2.45) is 0 Å². The molecule has 2 heterocycles. The fraction of sp³-hybridized carbons (Fsp3) is 0.400. The predicted molar refractivity (Wildman–Crippen MR) is 79.2 cm³/mol. The van der Waals surface area contributed by atoms with Gasteiger partial charge in [0.1, 0.15) is 0 Å². The van der Waals surface area contributed by atoms with Crippen LogP contribution in [0.25, 0.3) is 10.9 Å². The number of halogens is 1. The van der Waals surface area contributed by atoms with Crippen LogP contribution in [0.5, 0.6) is 0 Å². The molecule has 0 saturated carbocycles. The van der Waals surface area contributed by atoms with E-state index in [4.69, 9.17) is 16.3 Å². The maximum absolute atomic E-state index is 12.0. The normalized spacial score (nSPS) is 18.1. The van der Waals surface area contributed by atoms with Crippen molar-refractivity contribution in [3.8, 4) is 0 Å². The lowest BCUT2D eigenvalue weighted by atomic mass is 9.99. The molecule has 1 N–H and O–H groups in total. The summed E-state index contributed by atoms with van der Waals surface area (Å²) < 4.78 is 5.11. The van der Waals surface area contributed by atoms with E-state index in [1.165, 1.54) is 5.56 Å². The van der Waals surface area contributed by atoms with E-state index in [9.17, 15) is 4.79 Å². The molecule has 1 atom stereocenters. The maximum atomic E-state index is 12.0. The second-order valence-corrected chi connectivity index (χ2v) is 5.46. The van der Waals surface area contributed by atoms with E-state index in [1.54, 1.807) is 4.90 Å². The van der Waals surface area contributed by atoms with Gasteiger partial charge in [-0.05, 0) is 44.0 Å². The summed E-state index contributed by atoms with van der Waals surface area (Å²) in [5.74, 6) is 0. The molecule has 1 amide bonds. The van der Waals surface area contributed by atoms with Crippen LogP contribution in [0, 0.1) is 0 Å². The molecule has 0 fully saturated rings. The van der Waals surface area contributed by atoms with Crippen molar-refractivity contribution in [2.75, 3.05) is 13.2 Å². The van der Waals surface area contributed by atoms with Gasteiger partial charge in [0, 0.05) is 28.2 Å². The second-order valence-electron chi connectivity index (χ2n) is 5.03. The third-order valence-corrected chi connectivity index (χ3v) is 4.13. The van der Waals surface area contributed by atoms with E-state index in [2.05, 4.69) is 4.98 Å². The number of aromatic amines is 1. The highest BCUT2D eigenvalue weighted by Gasteiger charge is 2.31. The highest BCUT2D eigenvalue weighted by molar-refractivity contribution is 6.31. The van der Waals surface area contributed by atoms with E-state index in [1.807, 2.05) is 32.0 Å². The Morgan fingerprint density at radius 1 is 1.55 bits per heavy atom. The first kappa shape index (κ1) is 13.3. The summed E-state index contributed by atoms with van der Waals surface area (Å²) >= 11 is 6.08. The first-order chi connectivity index (χ1) is 9.61. The minimum Gasteiger partial charge on any atom is -0.450 e. The van der Waals surface area contributed by atoms with Gasteiger partial charge in [0.2, 0.25) is 0 Å². The lowest BCUT2D eigenvalue weighted by Gasteiger charge is -2.32. The first-order valence-electron chi connectivity index (χ1n) is 6.85. The van der Waals surface area contributed by atoms with Gasteiger partial charge in [-0.2, -0.15) is 0 Å². The molecule has 1 aromatic carbocycles. The fourth-order valence-corrected chi connectivity index (χ4v) is 3.08. The Morgan fingerprint density at radius 2 is 2.35 bits per heavy atom. The largest absolute Gasteiger partial charge is 0.450 e. The SMILES string of the molecule is CCOC(=O)N1CCc2c([nH]c3ccc(Cl)cc23)C1C. The topological polar surface area (TPSA) is 45.3 Å². The first-order valence-corrected chi connectivity index (χ1v) is 7.23. The number of nitrogens with one attached hydrogen (secondary N) is 1. The van der Waals surface area contributed by atoms with Crippen LogP contribution in [0.3, 0.4) is 0 Å². The monoisotopic (exact) mass is 292 g/mol. The third kappa shape index (κ3) is 2.04. The van der Waals surface area contributed by atoms with Crippen molar-refractivity contribution in [1.82, 2.24) is 9.88 Å². The zero-order valence-corrected chi connectivity index (χ0v) is 12.3. The zero-order valence-electron chi connectivity index (χ0n) is 11.6. The van der Waals surface area contributed by atoms with Gasteiger partial charge < -0.3 is 9.72 Å². The summed E-state index contributed by atoms with van der Waals surface area (Å²) in [5.41, 5.74) is 3.41. The van der Waals surface area contributed by atoms with Crippen LogP contribution >= 0.6 is 11.6 Å². The highest BCUT2D eigenvalue weighted by Crippen LogP contribution is 2.35. The quantitative estimate of drug-likeness (QED) is 0.866. The molecule has 0 radical (unpaired) electrons. The van der Waals surface area contributed by atoms with Crippen LogP contribution in [-0.2, 0) is 11.2 Å². The smallest absolute Gasteiger partial charge is 0.410 e. The lowest BCUT2D eigenvalue weighted by molar-refractivity contribution is 0.0895. The van der Waals surface area contributed by atoms with Crippen LogP contribution in [0.4, 0.5) is 4.79 Å². The van der Waals surface area contributed by atoms with E-state index < -0.39 is 0 Å². The van der Waals surface area contributed by atoms with Gasteiger partial charge in [-0.25, -0.2) is 4.79 Å². The van der Waals surface area contributed by atoms with Crippen molar-refractivity contribution in [2.45, 2.75) is 26.3 Å². The minimum absolute atomic E-state index is 0.0102. The Kier molecular flexibility index (Phi) is 3.34. The van der Waals surface area contributed by atoms with Gasteiger partial charge in [-0.3, -0.25) is 4.90 Å². The van der Waals surface area contributed by atoms with Crippen LogP contribution in [0.1, 0.15) is 31.1 Å². The standard InChI is InChI=1S/C15H17ClN2O2/c1-3-20-15(19)18-7-6-11-12-8-10(16)4-5-13(12)17-14(11)9(18)2/h4-5,8-9,17H,3,6-7H2,1-2H3. The van der Waals surface area contributed by atoms with E-state index in [0.29, 0.717) is 13.2 Å². The molecular formula is C15H17ClN2O2.